The van der Waals surface area contributed by atoms with Crippen LogP contribution in [0.3, 0.4) is 0 Å². The van der Waals surface area contributed by atoms with Gasteiger partial charge in [-0.15, -0.1) is 0 Å². The van der Waals surface area contributed by atoms with Gasteiger partial charge in [-0.2, -0.15) is 13.2 Å². The molecular weight excluding hydrogens is 513 g/mol. The van der Waals surface area contributed by atoms with E-state index >= 15 is 0 Å². The van der Waals surface area contributed by atoms with Crippen molar-refractivity contribution >= 4 is 17.7 Å². The summed E-state index contributed by atoms with van der Waals surface area (Å²) in [7, 11) is 1.41. The van der Waals surface area contributed by atoms with Crippen LogP contribution >= 0.6 is 0 Å². The van der Waals surface area contributed by atoms with Crippen LogP contribution in [0.25, 0.3) is 11.1 Å². The molecule has 0 unspecified atom stereocenters. The maximum atomic E-state index is 12.8. The third-order valence-electron chi connectivity index (χ3n) is 5.26. The zero-order chi connectivity index (χ0) is 25.9. The number of carboxylic acid groups (broad SMARTS) is 1. The number of alkyl halides is 3. The second-order valence-corrected chi connectivity index (χ2v) is 7.86. The van der Waals surface area contributed by atoms with Gasteiger partial charge in [0.2, 0.25) is 0 Å². The van der Waals surface area contributed by atoms with Gasteiger partial charge in [-0.05, 0) is 47.4 Å². The Morgan fingerprint density at radius 3 is 2.24 bits per heavy atom. The molecule has 37 heavy (non-hydrogen) atoms. The molecule has 0 fully saturated rings. The van der Waals surface area contributed by atoms with Gasteiger partial charge >= 0.3 is 71.3 Å². The van der Waals surface area contributed by atoms with Crippen LogP contribution in [0.15, 0.2) is 59.5 Å². The van der Waals surface area contributed by atoms with Crippen LogP contribution in [-0.4, -0.2) is 16.6 Å². The van der Waals surface area contributed by atoms with E-state index in [9.17, 15) is 37.8 Å². The molecule has 0 aliphatic carbocycles. The maximum absolute atomic E-state index is 12.8. The number of amides is 2. The number of carbonyl (C=O) groups excluding carboxylic acids is 2. The van der Waals surface area contributed by atoms with E-state index in [-0.39, 0.29) is 64.7 Å². The monoisotopic (exact) mass is 533 g/mol. The van der Waals surface area contributed by atoms with Gasteiger partial charge in [-0.3, -0.25) is 4.79 Å². The number of urea groups is 1. The number of nitrogens with zero attached hydrogens (tertiary/aromatic N) is 1. The summed E-state index contributed by atoms with van der Waals surface area (Å²) in [5.74, 6) is -2.16. The molecule has 0 bridgehead atoms. The Morgan fingerprint density at radius 1 is 1.05 bits per heavy atom. The Balaban J connectivity index is 0.00000342. The molecule has 13 heteroatoms. The molecule has 0 saturated carbocycles. The number of carbonyl (C=O) groups is 2. The van der Waals surface area contributed by atoms with Crippen molar-refractivity contribution in [2.75, 3.05) is 5.32 Å². The van der Waals surface area contributed by atoms with Gasteiger partial charge in [-0.1, -0.05) is 36.1 Å². The van der Waals surface area contributed by atoms with Crippen molar-refractivity contribution in [2.24, 2.45) is 7.05 Å². The van der Waals surface area contributed by atoms with Gasteiger partial charge in [0.15, 0.2) is 0 Å². The smallest absolute Gasteiger partial charge is 0.871 e. The molecule has 0 aliphatic rings. The number of halogens is 3. The second-order valence-electron chi connectivity index (χ2n) is 7.86. The molecule has 2 amide bonds. The van der Waals surface area contributed by atoms with Crippen molar-refractivity contribution in [1.82, 2.24) is 9.88 Å². The Morgan fingerprint density at radius 2 is 1.68 bits per heavy atom. The third-order valence-corrected chi connectivity index (χ3v) is 5.26. The van der Waals surface area contributed by atoms with Gasteiger partial charge in [0.25, 0.3) is 5.56 Å². The van der Waals surface area contributed by atoms with Crippen LogP contribution < -0.4 is 85.5 Å². The SMILES string of the molecule is Cc1cn(C)c(=O)c(NC(=O)N[C@@H](CC(=O)[O-])c2cccc(-c3ccc(C(F)(F)F)cc3)c2)c1[O-].[Na+].[Na+]. The summed E-state index contributed by atoms with van der Waals surface area (Å²) in [4.78, 5) is 36.1. The average molecular weight is 533 g/mol. The van der Waals surface area contributed by atoms with E-state index in [1.165, 1.54) is 44.4 Å². The van der Waals surface area contributed by atoms with E-state index in [4.69, 9.17) is 0 Å². The fourth-order valence-electron chi connectivity index (χ4n) is 3.50. The third kappa shape index (κ3) is 8.36. The molecule has 3 aromatic rings. The molecule has 0 aliphatic heterocycles. The summed E-state index contributed by atoms with van der Waals surface area (Å²) < 4.78 is 39.6. The number of anilines is 1. The largest absolute Gasteiger partial charge is 1.00 e. The summed E-state index contributed by atoms with van der Waals surface area (Å²) in [5, 5.41) is 28.2. The number of rotatable bonds is 6. The van der Waals surface area contributed by atoms with Crippen molar-refractivity contribution < 1.29 is 92.1 Å². The first-order valence-electron chi connectivity index (χ1n) is 10.3. The zero-order valence-electron chi connectivity index (χ0n) is 20.6. The minimum atomic E-state index is -4.49. The molecule has 1 aromatic heterocycles. The number of carboxylic acids is 1. The molecule has 8 nitrogen and oxygen atoms in total. The van der Waals surface area contributed by atoms with Gasteiger partial charge < -0.3 is 30.2 Å². The molecule has 1 atom stereocenters. The Kier molecular flexibility index (Phi) is 11.9. The van der Waals surface area contributed by atoms with Gasteiger partial charge in [-0.25, -0.2) is 4.79 Å². The summed E-state index contributed by atoms with van der Waals surface area (Å²) in [6, 6.07) is 8.49. The molecule has 2 N–H and O–H groups in total. The number of pyridine rings is 1. The number of nitrogens with one attached hydrogen (secondary N) is 2. The van der Waals surface area contributed by atoms with E-state index in [0.717, 1.165) is 16.7 Å². The Bertz CT molecular complexity index is 1330. The van der Waals surface area contributed by atoms with Crippen LogP contribution in [0.1, 0.15) is 29.2 Å². The fraction of sp³-hybridized carbons (Fsp3) is 0.208. The van der Waals surface area contributed by atoms with Crippen LogP contribution in [0, 0.1) is 6.92 Å². The minimum Gasteiger partial charge on any atom is -0.871 e. The molecular formula is C24H20F3N3Na2O5. The van der Waals surface area contributed by atoms with E-state index < -0.39 is 53.2 Å². The van der Waals surface area contributed by atoms with Crippen molar-refractivity contribution in [3.05, 3.63) is 81.8 Å². The average Bonchev–Trinajstić information content (AvgIpc) is 2.79. The summed E-state index contributed by atoms with van der Waals surface area (Å²) >= 11 is 0. The summed E-state index contributed by atoms with van der Waals surface area (Å²) in [6.07, 6.45) is -3.81. The molecule has 0 spiro atoms. The zero-order valence-corrected chi connectivity index (χ0v) is 24.6. The quantitative estimate of drug-likeness (QED) is 0.318. The number of hydrogen-bond donors (Lipinski definition) is 2. The summed E-state index contributed by atoms with van der Waals surface area (Å²) in [5.41, 5.74) is -0.580. The van der Waals surface area contributed by atoms with Crippen molar-refractivity contribution in [3.63, 3.8) is 0 Å². The van der Waals surface area contributed by atoms with Crippen molar-refractivity contribution in [1.29, 1.82) is 0 Å². The van der Waals surface area contributed by atoms with Gasteiger partial charge in [0, 0.05) is 25.6 Å². The van der Waals surface area contributed by atoms with Crippen molar-refractivity contribution in [2.45, 2.75) is 25.6 Å². The van der Waals surface area contributed by atoms with Crippen LogP contribution in [-0.2, 0) is 18.0 Å². The van der Waals surface area contributed by atoms with E-state index in [1.54, 1.807) is 12.1 Å². The molecule has 1 heterocycles. The van der Waals surface area contributed by atoms with Gasteiger partial charge in [0.05, 0.1) is 11.6 Å². The Hall–Kier alpha value is -2.28. The number of aromatic nitrogens is 1. The topological polar surface area (TPSA) is 126 Å². The summed E-state index contributed by atoms with van der Waals surface area (Å²) in [6.45, 7) is 1.47. The molecule has 2 aromatic carbocycles. The first-order valence-corrected chi connectivity index (χ1v) is 10.3. The van der Waals surface area contributed by atoms with Gasteiger partial charge in [0.1, 0.15) is 5.69 Å². The normalized spacial score (nSPS) is 11.5. The number of hydrogen-bond acceptors (Lipinski definition) is 5. The standard InChI is InChI=1S/C24H22F3N3O5.2Na/c1-13-12-30(2)22(34)20(21(13)33)29-23(35)28-18(11-19(31)32)16-5-3-4-15(10-16)14-6-8-17(9-7-14)24(25,26)27;;/h3-10,12,18,33H,11H2,1-2H3,(H,31,32)(H2,28,29,35);;/q;2*+1/p-2/t18-;;/m0../s1. The van der Waals surface area contributed by atoms with Crippen molar-refractivity contribution in [3.8, 4) is 16.9 Å². The van der Waals surface area contributed by atoms with Crippen LogP contribution in [0.2, 0.25) is 0 Å². The Labute approximate surface area is 254 Å². The predicted molar refractivity (Wildman–Crippen MR) is 117 cm³/mol. The number of aliphatic carboxylic acids is 1. The molecule has 0 radical (unpaired) electrons. The minimum absolute atomic E-state index is 0. The van der Waals surface area contributed by atoms with E-state index in [1.807, 2.05) is 0 Å². The maximum Gasteiger partial charge on any atom is 1.00 e. The first-order chi connectivity index (χ1) is 16.4. The second kappa shape index (κ2) is 13.5. The number of benzene rings is 2. The van der Waals surface area contributed by atoms with E-state index in [2.05, 4.69) is 10.6 Å². The van der Waals surface area contributed by atoms with Crippen LogP contribution in [0.4, 0.5) is 23.7 Å². The molecule has 184 valence electrons. The first kappa shape index (κ1) is 32.7. The van der Waals surface area contributed by atoms with E-state index in [0.29, 0.717) is 16.7 Å². The molecule has 0 saturated heterocycles. The van der Waals surface area contributed by atoms with Crippen LogP contribution in [0.5, 0.6) is 5.75 Å². The molecule has 3 rings (SSSR count). The number of aryl methyl sites for hydroxylation is 2. The fourth-order valence-corrected chi connectivity index (χ4v) is 3.50. The predicted octanol–water partition coefficient (Wildman–Crippen LogP) is -3.54.